The van der Waals surface area contributed by atoms with Gasteiger partial charge in [0.15, 0.2) is 5.69 Å². The zero-order chi connectivity index (χ0) is 20.5. The fraction of sp³-hybridized carbons (Fsp3) is 0.235. The molecule has 2 aromatic heterocycles. The van der Waals surface area contributed by atoms with Crippen molar-refractivity contribution < 1.29 is 22.4 Å². The van der Waals surface area contributed by atoms with Crippen LogP contribution in [0.25, 0.3) is 0 Å². The van der Waals surface area contributed by atoms with Gasteiger partial charge in [0.1, 0.15) is 12.4 Å². The highest BCUT2D eigenvalue weighted by Crippen LogP contribution is 2.35. The summed E-state index contributed by atoms with van der Waals surface area (Å²) < 4.78 is 54.5. The predicted molar refractivity (Wildman–Crippen MR) is 93.3 cm³/mol. The number of rotatable bonds is 5. The average molecular weight is 416 g/mol. The van der Waals surface area contributed by atoms with Crippen LogP contribution in [0, 0.1) is 12.7 Å². The van der Waals surface area contributed by atoms with Crippen molar-refractivity contribution in [2.24, 2.45) is 0 Å². The van der Waals surface area contributed by atoms with Crippen LogP contribution in [0.3, 0.4) is 0 Å². The molecule has 3 rings (SSSR count). The molecule has 11 heteroatoms. The minimum atomic E-state index is -4.71. The van der Waals surface area contributed by atoms with Crippen LogP contribution in [0.15, 0.2) is 36.7 Å². The van der Waals surface area contributed by atoms with Crippen LogP contribution in [-0.2, 0) is 24.1 Å². The molecule has 2 heterocycles. The summed E-state index contributed by atoms with van der Waals surface area (Å²) in [5.74, 6) is -0.989. The number of halogens is 5. The van der Waals surface area contributed by atoms with Gasteiger partial charge >= 0.3 is 6.18 Å². The first-order valence-electron chi connectivity index (χ1n) is 8.01. The van der Waals surface area contributed by atoms with Crippen LogP contribution < -0.4 is 5.32 Å². The Kier molecular flexibility index (Phi) is 5.41. The summed E-state index contributed by atoms with van der Waals surface area (Å²) in [5.41, 5.74) is -0.477. The van der Waals surface area contributed by atoms with Crippen molar-refractivity contribution in [3.05, 3.63) is 64.5 Å². The van der Waals surface area contributed by atoms with E-state index in [-0.39, 0.29) is 18.1 Å². The predicted octanol–water partition coefficient (Wildman–Crippen LogP) is 3.89. The number of benzene rings is 1. The third kappa shape index (κ3) is 4.33. The number of hydrogen-bond acceptors (Lipinski definition) is 3. The summed E-state index contributed by atoms with van der Waals surface area (Å²) in [6, 6.07) is 6.20. The van der Waals surface area contributed by atoms with Gasteiger partial charge in [-0.15, -0.1) is 0 Å². The molecule has 0 aliphatic rings. The Labute approximate surface area is 161 Å². The molecular formula is C17H14ClF4N5O. The van der Waals surface area contributed by atoms with Gasteiger partial charge in [0.2, 0.25) is 5.91 Å². The maximum atomic E-state index is 13.7. The summed E-state index contributed by atoms with van der Waals surface area (Å²) in [6.45, 7) is 1.04. The zero-order valence-electron chi connectivity index (χ0n) is 14.5. The van der Waals surface area contributed by atoms with E-state index in [1.807, 2.05) is 0 Å². The highest BCUT2D eigenvalue weighted by molar-refractivity contribution is 6.32. The van der Waals surface area contributed by atoms with Crippen LogP contribution in [0.4, 0.5) is 23.2 Å². The summed E-state index contributed by atoms with van der Waals surface area (Å²) in [7, 11) is 0. The second-order valence-electron chi connectivity index (χ2n) is 5.97. The molecule has 1 amide bonds. The van der Waals surface area contributed by atoms with Gasteiger partial charge in [-0.25, -0.2) is 4.39 Å². The van der Waals surface area contributed by atoms with E-state index in [0.717, 1.165) is 4.68 Å². The Hall–Kier alpha value is -2.88. The van der Waals surface area contributed by atoms with Crippen molar-refractivity contribution in [1.82, 2.24) is 19.6 Å². The van der Waals surface area contributed by atoms with E-state index in [0.29, 0.717) is 11.3 Å². The number of carbonyl (C=O) groups is 1. The number of amides is 1. The molecule has 6 nitrogen and oxygen atoms in total. The normalized spacial score (nSPS) is 11.6. The Morgan fingerprint density at radius 3 is 2.64 bits per heavy atom. The van der Waals surface area contributed by atoms with E-state index in [9.17, 15) is 22.4 Å². The molecule has 0 radical (unpaired) electrons. The minimum absolute atomic E-state index is 0.0272. The quantitative estimate of drug-likeness (QED) is 0.643. The van der Waals surface area contributed by atoms with Crippen molar-refractivity contribution in [3.63, 3.8) is 0 Å². The molecule has 1 aromatic carbocycles. The lowest BCUT2D eigenvalue weighted by molar-refractivity contribution is -0.141. The molecule has 0 fully saturated rings. The number of nitrogens with zero attached hydrogens (tertiary/aromatic N) is 4. The molecule has 0 bridgehead atoms. The van der Waals surface area contributed by atoms with Crippen LogP contribution in [0.1, 0.15) is 17.0 Å². The second kappa shape index (κ2) is 7.63. The average Bonchev–Trinajstić information content (AvgIpc) is 3.16. The molecule has 0 saturated heterocycles. The molecule has 0 unspecified atom stereocenters. The van der Waals surface area contributed by atoms with Gasteiger partial charge < -0.3 is 5.32 Å². The van der Waals surface area contributed by atoms with E-state index in [2.05, 4.69) is 15.5 Å². The highest BCUT2D eigenvalue weighted by Gasteiger charge is 2.38. The maximum Gasteiger partial charge on any atom is 0.436 e. The van der Waals surface area contributed by atoms with Crippen LogP contribution in [0.2, 0.25) is 5.02 Å². The van der Waals surface area contributed by atoms with Crippen LogP contribution in [-0.4, -0.2) is 25.5 Å². The Balaban J connectivity index is 1.66. The second-order valence-corrected chi connectivity index (χ2v) is 6.35. The Morgan fingerprint density at radius 2 is 2.00 bits per heavy atom. The summed E-state index contributed by atoms with van der Waals surface area (Å²) in [5, 5.41) is 9.35. The Morgan fingerprint density at radius 1 is 1.29 bits per heavy atom. The lowest BCUT2D eigenvalue weighted by Gasteiger charge is -2.05. The number of hydrogen-bond donors (Lipinski definition) is 1. The molecule has 28 heavy (non-hydrogen) atoms. The molecular weight excluding hydrogens is 402 g/mol. The summed E-state index contributed by atoms with van der Waals surface area (Å²) in [4.78, 5) is 12.1. The highest BCUT2D eigenvalue weighted by atomic mass is 35.5. The monoisotopic (exact) mass is 415 g/mol. The van der Waals surface area contributed by atoms with E-state index >= 15 is 0 Å². The molecule has 0 aliphatic carbocycles. The third-order valence-corrected chi connectivity index (χ3v) is 4.36. The number of anilines is 1. The largest absolute Gasteiger partial charge is 0.436 e. The van der Waals surface area contributed by atoms with Gasteiger partial charge in [0.25, 0.3) is 0 Å². The van der Waals surface area contributed by atoms with Crippen molar-refractivity contribution in [1.29, 1.82) is 0 Å². The molecule has 0 spiro atoms. The molecule has 148 valence electrons. The fourth-order valence-electron chi connectivity index (χ4n) is 2.51. The van der Waals surface area contributed by atoms with Gasteiger partial charge in [-0.1, -0.05) is 29.8 Å². The number of carbonyl (C=O) groups excluding carboxylic acids is 1. The number of alkyl halides is 3. The molecule has 0 atom stereocenters. The summed E-state index contributed by atoms with van der Waals surface area (Å²) in [6.07, 6.45) is -1.88. The lowest BCUT2D eigenvalue weighted by atomic mass is 10.2. The number of nitrogens with one attached hydrogen (secondary N) is 1. The lowest BCUT2D eigenvalue weighted by Crippen LogP contribution is -2.20. The van der Waals surface area contributed by atoms with Crippen molar-refractivity contribution in [2.75, 3.05) is 5.32 Å². The molecule has 0 aliphatic heterocycles. The first-order chi connectivity index (χ1) is 13.1. The maximum absolute atomic E-state index is 13.7. The van der Waals surface area contributed by atoms with E-state index in [1.165, 1.54) is 30.1 Å². The minimum Gasteiger partial charge on any atom is -0.322 e. The van der Waals surface area contributed by atoms with Gasteiger partial charge in [-0.2, -0.15) is 23.4 Å². The van der Waals surface area contributed by atoms with Crippen molar-refractivity contribution in [3.8, 4) is 0 Å². The molecule has 1 N–H and O–H groups in total. The van der Waals surface area contributed by atoms with E-state index in [4.69, 9.17) is 11.6 Å². The number of aromatic nitrogens is 4. The van der Waals surface area contributed by atoms with Crippen molar-refractivity contribution in [2.45, 2.75) is 26.2 Å². The third-order valence-electron chi connectivity index (χ3n) is 3.90. The first-order valence-corrected chi connectivity index (χ1v) is 8.38. The fourth-order valence-corrected chi connectivity index (χ4v) is 2.75. The topological polar surface area (TPSA) is 64.7 Å². The van der Waals surface area contributed by atoms with Gasteiger partial charge in [-0.3, -0.25) is 14.2 Å². The standard InChI is InChI=1S/C17H14ClF4N5O/c1-10-15(18)16(17(20,21)22)25-27(10)9-14(28)24-12-6-23-26(8-12)7-11-4-2-3-5-13(11)19/h2-6,8H,7,9H2,1H3,(H,24,28). The molecule has 3 aromatic rings. The first kappa shape index (κ1) is 19.9. The van der Waals surface area contributed by atoms with Crippen molar-refractivity contribution >= 4 is 23.2 Å². The zero-order valence-corrected chi connectivity index (χ0v) is 15.2. The molecule has 0 saturated carbocycles. The van der Waals surface area contributed by atoms with Gasteiger partial charge in [-0.05, 0) is 13.0 Å². The summed E-state index contributed by atoms with van der Waals surface area (Å²) >= 11 is 5.66. The van der Waals surface area contributed by atoms with Crippen LogP contribution >= 0.6 is 11.6 Å². The van der Waals surface area contributed by atoms with E-state index in [1.54, 1.807) is 18.2 Å². The van der Waals surface area contributed by atoms with E-state index < -0.39 is 29.3 Å². The smallest absolute Gasteiger partial charge is 0.322 e. The van der Waals surface area contributed by atoms with Gasteiger partial charge in [0.05, 0.1) is 29.1 Å². The van der Waals surface area contributed by atoms with Crippen LogP contribution in [0.5, 0.6) is 0 Å². The Bertz CT molecular complexity index is 1010. The SMILES string of the molecule is Cc1c(Cl)c(C(F)(F)F)nn1CC(=O)Nc1cnn(Cc2ccccc2F)c1. The van der Waals surface area contributed by atoms with Gasteiger partial charge in [0, 0.05) is 11.8 Å².